The molecule has 0 saturated heterocycles. The molecule has 0 radical (unpaired) electrons. The molecule has 0 atom stereocenters. The van der Waals surface area contributed by atoms with Crippen molar-refractivity contribution in [2.75, 3.05) is 12.4 Å². The van der Waals surface area contributed by atoms with Crippen LogP contribution in [0.4, 0.5) is 29.1 Å². The van der Waals surface area contributed by atoms with Gasteiger partial charge in [-0.2, -0.15) is 23.1 Å². The fourth-order valence-corrected chi connectivity index (χ4v) is 1.77. The van der Waals surface area contributed by atoms with E-state index in [0.29, 0.717) is 18.2 Å². The predicted molar refractivity (Wildman–Crippen MR) is 68.6 cm³/mol. The number of methoxy groups -OCH3 is 1. The molecular formula is C12H7F4N5O2. The third-order valence-corrected chi connectivity index (χ3v) is 2.82. The number of alkyl halides is 3. The SMILES string of the molecule is COc1nc2nonc2nc1Nc1cc(C(F)(F)F)ccc1F. The fraction of sp³-hybridized carbons (Fsp3) is 0.167. The van der Waals surface area contributed by atoms with Gasteiger partial charge in [-0.25, -0.2) is 9.02 Å². The van der Waals surface area contributed by atoms with Crippen molar-refractivity contribution in [3.8, 4) is 5.88 Å². The molecule has 0 aliphatic carbocycles. The number of anilines is 2. The largest absolute Gasteiger partial charge is 0.478 e. The Morgan fingerprint density at radius 3 is 2.48 bits per heavy atom. The smallest absolute Gasteiger partial charge is 0.416 e. The van der Waals surface area contributed by atoms with Crippen LogP contribution in [0, 0.1) is 5.82 Å². The van der Waals surface area contributed by atoms with E-state index in [1.54, 1.807) is 0 Å². The molecule has 0 fully saturated rings. The monoisotopic (exact) mass is 329 g/mol. The Bertz CT molecular complexity index is 864. The summed E-state index contributed by atoms with van der Waals surface area (Å²) in [5, 5.41) is 9.30. The summed E-state index contributed by atoms with van der Waals surface area (Å²) < 4.78 is 61.3. The van der Waals surface area contributed by atoms with E-state index in [9.17, 15) is 17.6 Å². The molecule has 2 aromatic heterocycles. The lowest BCUT2D eigenvalue weighted by atomic mass is 10.2. The van der Waals surface area contributed by atoms with E-state index in [2.05, 4.69) is 30.2 Å². The maximum atomic E-state index is 13.8. The third-order valence-electron chi connectivity index (χ3n) is 2.82. The maximum absolute atomic E-state index is 13.8. The van der Waals surface area contributed by atoms with E-state index in [1.807, 2.05) is 0 Å². The Labute approximate surface area is 125 Å². The van der Waals surface area contributed by atoms with E-state index in [1.165, 1.54) is 7.11 Å². The highest BCUT2D eigenvalue weighted by Gasteiger charge is 2.31. The number of fused-ring (bicyclic) bond motifs is 1. The van der Waals surface area contributed by atoms with Crippen LogP contribution < -0.4 is 10.1 Å². The highest BCUT2D eigenvalue weighted by atomic mass is 19.4. The molecule has 3 rings (SSSR count). The summed E-state index contributed by atoms with van der Waals surface area (Å²) in [5.74, 6) is -1.14. The molecule has 0 aliphatic rings. The predicted octanol–water partition coefficient (Wildman–Crippen LogP) is 2.92. The van der Waals surface area contributed by atoms with Crippen LogP contribution in [0.1, 0.15) is 5.56 Å². The molecule has 2 heterocycles. The summed E-state index contributed by atoms with van der Waals surface area (Å²) in [6, 6.07) is 1.94. The van der Waals surface area contributed by atoms with Gasteiger partial charge in [-0.3, -0.25) is 0 Å². The van der Waals surface area contributed by atoms with E-state index in [4.69, 9.17) is 4.74 Å². The van der Waals surface area contributed by atoms with Crippen LogP contribution in [0.3, 0.4) is 0 Å². The van der Waals surface area contributed by atoms with E-state index >= 15 is 0 Å². The molecular weight excluding hydrogens is 322 g/mol. The lowest BCUT2D eigenvalue weighted by Gasteiger charge is -2.12. The molecule has 7 nitrogen and oxygen atoms in total. The van der Waals surface area contributed by atoms with E-state index < -0.39 is 23.2 Å². The number of nitrogens with one attached hydrogen (secondary N) is 1. The zero-order valence-electron chi connectivity index (χ0n) is 11.3. The molecule has 0 saturated carbocycles. The highest BCUT2D eigenvalue weighted by molar-refractivity contribution is 5.71. The third kappa shape index (κ3) is 2.84. The number of halogens is 4. The first-order valence-corrected chi connectivity index (χ1v) is 6.06. The van der Waals surface area contributed by atoms with Crippen molar-refractivity contribution in [3.63, 3.8) is 0 Å². The Hall–Kier alpha value is -2.98. The highest BCUT2D eigenvalue weighted by Crippen LogP contribution is 2.33. The zero-order valence-corrected chi connectivity index (χ0v) is 11.3. The van der Waals surface area contributed by atoms with Gasteiger partial charge >= 0.3 is 6.18 Å². The van der Waals surface area contributed by atoms with Gasteiger partial charge in [-0.1, -0.05) is 0 Å². The second-order valence-electron chi connectivity index (χ2n) is 4.31. The Kier molecular flexibility index (Phi) is 3.47. The average Bonchev–Trinajstić information content (AvgIpc) is 2.94. The van der Waals surface area contributed by atoms with Crippen molar-refractivity contribution in [1.29, 1.82) is 0 Å². The number of benzene rings is 1. The summed E-state index contributed by atoms with van der Waals surface area (Å²) in [6.07, 6.45) is -4.61. The number of ether oxygens (including phenoxy) is 1. The van der Waals surface area contributed by atoms with Gasteiger partial charge in [0.25, 0.3) is 5.88 Å². The van der Waals surface area contributed by atoms with Gasteiger partial charge in [-0.05, 0) is 28.5 Å². The number of aromatic nitrogens is 4. The topological polar surface area (TPSA) is 86.0 Å². The van der Waals surface area contributed by atoms with Crippen LogP contribution in [0.15, 0.2) is 22.8 Å². The minimum Gasteiger partial charge on any atom is -0.478 e. The van der Waals surface area contributed by atoms with Crippen LogP contribution in [0.5, 0.6) is 5.88 Å². The fourth-order valence-electron chi connectivity index (χ4n) is 1.77. The normalized spacial score (nSPS) is 11.7. The molecule has 0 aliphatic heterocycles. The van der Waals surface area contributed by atoms with Crippen LogP contribution in [0.25, 0.3) is 11.3 Å². The van der Waals surface area contributed by atoms with Gasteiger partial charge in [0, 0.05) is 0 Å². The minimum absolute atomic E-state index is 0.0133. The lowest BCUT2D eigenvalue weighted by molar-refractivity contribution is -0.137. The molecule has 0 amide bonds. The van der Waals surface area contributed by atoms with Gasteiger partial charge < -0.3 is 10.1 Å². The van der Waals surface area contributed by atoms with Crippen molar-refractivity contribution < 1.29 is 26.9 Å². The van der Waals surface area contributed by atoms with Crippen molar-refractivity contribution in [3.05, 3.63) is 29.6 Å². The number of hydrogen-bond acceptors (Lipinski definition) is 7. The quantitative estimate of drug-likeness (QED) is 0.739. The Morgan fingerprint density at radius 1 is 1.13 bits per heavy atom. The van der Waals surface area contributed by atoms with Crippen molar-refractivity contribution in [2.45, 2.75) is 6.18 Å². The molecule has 0 unspecified atom stereocenters. The first-order valence-electron chi connectivity index (χ1n) is 6.06. The maximum Gasteiger partial charge on any atom is 0.416 e. The molecule has 11 heteroatoms. The Balaban J connectivity index is 2.04. The summed E-state index contributed by atoms with van der Waals surface area (Å²) in [5.41, 5.74) is -1.43. The molecule has 3 aromatic rings. The molecule has 1 aromatic carbocycles. The Morgan fingerprint density at radius 2 is 1.83 bits per heavy atom. The van der Waals surface area contributed by atoms with Crippen LogP contribution in [0.2, 0.25) is 0 Å². The summed E-state index contributed by atoms with van der Waals surface area (Å²) in [6.45, 7) is 0. The molecule has 120 valence electrons. The van der Waals surface area contributed by atoms with Crippen molar-refractivity contribution >= 4 is 22.8 Å². The van der Waals surface area contributed by atoms with Crippen LogP contribution >= 0.6 is 0 Å². The lowest BCUT2D eigenvalue weighted by Crippen LogP contribution is -2.07. The second kappa shape index (κ2) is 5.34. The van der Waals surface area contributed by atoms with Crippen molar-refractivity contribution in [2.24, 2.45) is 0 Å². The number of hydrogen-bond donors (Lipinski definition) is 1. The summed E-state index contributed by atoms with van der Waals surface area (Å²) >= 11 is 0. The standard InChI is InChI=1S/C12H7F4N5O2/c1-22-11-10(18-8-9(19-11)21-23-20-8)17-7-4-5(12(14,15)16)2-3-6(7)13/h2-4H,1H3,(H,17,18,20). The first-order chi connectivity index (χ1) is 10.9. The van der Waals surface area contributed by atoms with E-state index in [0.717, 1.165) is 0 Å². The molecule has 23 heavy (non-hydrogen) atoms. The van der Waals surface area contributed by atoms with Gasteiger partial charge in [0.2, 0.25) is 11.3 Å². The molecule has 0 bridgehead atoms. The van der Waals surface area contributed by atoms with Crippen LogP contribution in [-0.4, -0.2) is 27.4 Å². The second-order valence-corrected chi connectivity index (χ2v) is 4.31. The first kappa shape index (κ1) is 14.9. The average molecular weight is 329 g/mol. The minimum atomic E-state index is -4.61. The molecule has 0 spiro atoms. The zero-order chi connectivity index (χ0) is 16.6. The van der Waals surface area contributed by atoms with Gasteiger partial charge in [-0.15, -0.1) is 0 Å². The summed E-state index contributed by atoms with van der Waals surface area (Å²) in [7, 11) is 1.26. The number of rotatable bonds is 3. The van der Waals surface area contributed by atoms with Crippen LogP contribution in [-0.2, 0) is 6.18 Å². The number of nitrogens with zero attached hydrogens (tertiary/aromatic N) is 4. The van der Waals surface area contributed by atoms with Gasteiger partial charge in [0.15, 0.2) is 5.82 Å². The summed E-state index contributed by atoms with van der Waals surface area (Å²) in [4.78, 5) is 7.81. The van der Waals surface area contributed by atoms with E-state index in [-0.39, 0.29) is 23.0 Å². The van der Waals surface area contributed by atoms with Gasteiger partial charge in [0.1, 0.15) is 5.82 Å². The van der Waals surface area contributed by atoms with Crippen molar-refractivity contribution in [1.82, 2.24) is 20.3 Å². The van der Waals surface area contributed by atoms with Gasteiger partial charge in [0.05, 0.1) is 18.4 Å². The molecule has 1 N–H and O–H groups in total.